The van der Waals surface area contributed by atoms with E-state index in [0.29, 0.717) is 48.9 Å². The van der Waals surface area contributed by atoms with Crippen LogP contribution in [0.2, 0.25) is 5.02 Å². The van der Waals surface area contributed by atoms with Gasteiger partial charge in [-0.25, -0.2) is 0 Å². The normalized spacial score (nSPS) is 17.8. The van der Waals surface area contributed by atoms with Crippen LogP contribution in [0.25, 0.3) is 0 Å². The summed E-state index contributed by atoms with van der Waals surface area (Å²) in [5.74, 6) is -1.23. The molecule has 0 aromatic heterocycles. The van der Waals surface area contributed by atoms with Crippen LogP contribution in [0, 0.1) is 5.92 Å². The molecule has 0 saturated carbocycles. The van der Waals surface area contributed by atoms with Crippen molar-refractivity contribution < 1.29 is 24.2 Å². The van der Waals surface area contributed by atoms with E-state index in [1.165, 1.54) is 0 Å². The third-order valence-electron chi connectivity index (χ3n) is 3.77. The van der Waals surface area contributed by atoms with Crippen molar-refractivity contribution in [3.05, 3.63) is 28.8 Å². The van der Waals surface area contributed by atoms with Gasteiger partial charge in [0.1, 0.15) is 12.4 Å². The van der Waals surface area contributed by atoms with E-state index in [1.54, 1.807) is 30.2 Å². The Labute approximate surface area is 139 Å². The van der Waals surface area contributed by atoms with Gasteiger partial charge in [-0.1, -0.05) is 11.6 Å². The predicted octanol–water partition coefficient (Wildman–Crippen LogP) is 2.30. The maximum atomic E-state index is 12.7. The molecular weight excluding hydrogens is 322 g/mol. The van der Waals surface area contributed by atoms with Crippen molar-refractivity contribution in [2.24, 2.45) is 5.92 Å². The van der Waals surface area contributed by atoms with Gasteiger partial charge in [-0.15, -0.1) is 0 Å². The van der Waals surface area contributed by atoms with Crippen LogP contribution in [-0.2, 0) is 9.53 Å². The van der Waals surface area contributed by atoms with Crippen molar-refractivity contribution in [2.45, 2.75) is 12.8 Å². The first-order chi connectivity index (χ1) is 11.0. The number of nitrogens with zero attached hydrogens (tertiary/aromatic N) is 1. The zero-order chi connectivity index (χ0) is 16.8. The summed E-state index contributed by atoms with van der Waals surface area (Å²) in [6, 6.07) is 4.84. The number of carboxylic acid groups (broad SMARTS) is 1. The summed E-state index contributed by atoms with van der Waals surface area (Å²) in [7, 11) is 1.57. The molecule has 0 spiro atoms. The number of rotatable bonds is 6. The van der Waals surface area contributed by atoms with Crippen molar-refractivity contribution in [1.29, 1.82) is 0 Å². The SMILES string of the molecule is COCCOc1ccc(Cl)cc1C(=O)N1CCC[C@H](C(=O)O)C1. The summed E-state index contributed by atoms with van der Waals surface area (Å²) in [6.07, 6.45) is 1.26. The lowest BCUT2D eigenvalue weighted by atomic mass is 9.97. The molecule has 1 saturated heterocycles. The van der Waals surface area contributed by atoms with Crippen LogP contribution in [0.5, 0.6) is 5.75 Å². The number of aliphatic carboxylic acids is 1. The number of carbonyl (C=O) groups is 2. The Morgan fingerprint density at radius 1 is 1.39 bits per heavy atom. The highest BCUT2D eigenvalue weighted by atomic mass is 35.5. The fourth-order valence-electron chi connectivity index (χ4n) is 2.56. The van der Waals surface area contributed by atoms with Crippen LogP contribution >= 0.6 is 11.6 Å². The summed E-state index contributed by atoms with van der Waals surface area (Å²) in [4.78, 5) is 25.4. The van der Waals surface area contributed by atoms with Gasteiger partial charge in [-0.3, -0.25) is 9.59 Å². The minimum Gasteiger partial charge on any atom is -0.490 e. The second-order valence-electron chi connectivity index (χ2n) is 5.41. The standard InChI is InChI=1S/C16H20ClNO5/c1-22-7-8-23-14-5-4-12(17)9-13(14)15(19)18-6-2-3-11(10-18)16(20)21/h4-5,9,11H,2-3,6-8,10H2,1H3,(H,20,21)/t11-/m0/s1. The van der Waals surface area contributed by atoms with E-state index in [1.807, 2.05) is 0 Å². The van der Waals surface area contributed by atoms with Crippen molar-refractivity contribution in [3.8, 4) is 5.75 Å². The number of benzene rings is 1. The molecule has 1 aromatic rings. The number of methoxy groups -OCH3 is 1. The Morgan fingerprint density at radius 3 is 2.87 bits per heavy atom. The molecule has 2 rings (SSSR count). The summed E-state index contributed by atoms with van der Waals surface area (Å²) >= 11 is 6.00. The van der Waals surface area contributed by atoms with Crippen LogP contribution in [0.15, 0.2) is 18.2 Å². The highest BCUT2D eigenvalue weighted by Gasteiger charge is 2.30. The number of hydrogen-bond donors (Lipinski definition) is 1. The van der Waals surface area contributed by atoms with Gasteiger partial charge >= 0.3 is 5.97 Å². The zero-order valence-electron chi connectivity index (χ0n) is 13.0. The van der Waals surface area contributed by atoms with Crippen molar-refractivity contribution in [3.63, 3.8) is 0 Å². The smallest absolute Gasteiger partial charge is 0.308 e. The fourth-order valence-corrected chi connectivity index (χ4v) is 2.74. The van der Waals surface area contributed by atoms with E-state index < -0.39 is 11.9 Å². The van der Waals surface area contributed by atoms with Crippen molar-refractivity contribution >= 4 is 23.5 Å². The predicted molar refractivity (Wildman–Crippen MR) is 85.1 cm³/mol. The molecule has 1 amide bonds. The van der Waals surface area contributed by atoms with E-state index in [2.05, 4.69) is 0 Å². The van der Waals surface area contributed by atoms with Crippen LogP contribution in [0.4, 0.5) is 0 Å². The third-order valence-corrected chi connectivity index (χ3v) is 4.01. The lowest BCUT2D eigenvalue weighted by Crippen LogP contribution is -2.42. The monoisotopic (exact) mass is 341 g/mol. The average Bonchev–Trinajstić information content (AvgIpc) is 2.55. The zero-order valence-corrected chi connectivity index (χ0v) is 13.7. The van der Waals surface area contributed by atoms with Gasteiger partial charge < -0.3 is 19.5 Å². The highest BCUT2D eigenvalue weighted by Crippen LogP contribution is 2.26. The summed E-state index contributed by atoms with van der Waals surface area (Å²) in [5, 5.41) is 9.58. The largest absolute Gasteiger partial charge is 0.490 e. The van der Waals surface area contributed by atoms with Crippen LogP contribution in [0.1, 0.15) is 23.2 Å². The number of piperidine rings is 1. The quantitative estimate of drug-likeness (QED) is 0.803. The first kappa shape index (κ1) is 17.6. The molecule has 1 fully saturated rings. The number of hydrogen-bond acceptors (Lipinski definition) is 4. The Morgan fingerprint density at radius 2 is 2.17 bits per heavy atom. The van der Waals surface area contributed by atoms with Crippen LogP contribution < -0.4 is 4.74 Å². The van der Waals surface area contributed by atoms with Gasteiger partial charge in [-0.05, 0) is 31.0 Å². The van der Waals surface area contributed by atoms with Gasteiger partial charge in [0.25, 0.3) is 5.91 Å². The second-order valence-corrected chi connectivity index (χ2v) is 5.85. The first-order valence-electron chi connectivity index (χ1n) is 7.46. The molecule has 1 aliphatic rings. The Kier molecular flexibility index (Phi) is 6.24. The van der Waals surface area contributed by atoms with Crippen molar-refractivity contribution in [1.82, 2.24) is 4.90 Å². The molecule has 0 unspecified atom stereocenters. The molecule has 1 atom stereocenters. The third kappa shape index (κ3) is 4.59. The lowest BCUT2D eigenvalue weighted by Gasteiger charge is -2.31. The van der Waals surface area contributed by atoms with Gasteiger partial charge in [0.15, 0.2) is 0 Å². The summed E-state index contributed by atoms with van der Waals surface area (Å²) in [6.45, 7) is 1.46. The number of halogens is 1. The summed E-state index contributed by atoms with van der Waals surface area (Å²) in [5.41, 5.74) is 0.347. The molecule has 0 aliphatic carbocycles. The molecule has 0 radical (unpaired) electrons. The molecular formula is C16H20ClNO5. The van der Waals surface area contributed by atoms with E-state index in [-0.39, 0.29) is 12.5 Å². The Bertz CT molecular complexity index is 578. The Hall–Kier alpha value is -1.79. The number of amides is 1. The van der Waals surface area contributed by atoms with Gasteiger partial charge in [-0.2, -0.15) is 0 Å². The first-order valence-corrected chi connectivity index (χ1v) is 7.84. The molecule has 23 heavy (non-hydrogen) atoms. The molecule has 1 N–H and O–H groups in total. The molecule has 1 aliphatic heterocycles. The van der Waals surface area contributed by atoms with Gasteiger partial charge in [0.2, 0.25) is 0 Å². The number of carboxylic acids is 1. The van der Waals surface area contributed by atoms with Gasteiger partial charge in [0, 0.05) is 25.2 Å². The highest BCUT2D eigenvalue weighted by molar-refractivity contribution is 6.31. The minimum atomic E-state index is -0.870. The van der Waals surface area contributed by atoms with Crippen LogP contribution in [-0.4, -0.2) is 55.3 Å². The molecule has 1 heterocycles. The fraction of sp³-hybridized carbons (Fsp3) is 0.500. The van der Waals surface area contributed by atoms with E-state index in [9.17, 15) is 9.59 Å². The maximum Gasteiger partial charge on any atom is 0.308 e. The summed E-state index contributed by atoms with van der Waals surface area (Å²) < 4.78 is 10.5. The molecule has 126 valence electrons. The topological polar surface area (TPSA) is 76.1 Å². The van der Waals surface area contributed by atoms with Crippen LogP contribution in [0.3, 0.4) is 0 Å². The number of ether oxygens (including phenoxy) is 2. The molecule has 0 bridgehead atoms. The number of likely N-dealkylation sites (tertiary alicyclic amines) is 1. The molecule has 6 nitrogen and oxygen atoms in total. The molecule has 7 heteroatoms. The number of carbonyl (C=O) groups excluding carboxylic acids is 1. The maximum absolute atomic E-state index is 12.7. The van der Waals surface area contributed by atoms with Crippen molar-refractivity contribution in [2.75, 3.05) is 33.4 Å². The second kappa shape index (κ2) is 8.17. The Balaban J connectivity index is 2.16. The molecule has 1 aromatic carbocycles. The van der Waals surface area contributed by atoms with E-state index in [4.69, 9.17) is 26.2 Å². The van der Waals surface area contributed by atoms with E-state index >= 15 is 0 Å². The van der Waals surface area contributed by atoms with Gasteiger partial charge in [0.05, 0.1) is 18.1 Å². The van der Waals surface area contributed by atoms with E-state index in [0.717, 1.165) is 0 Å². The minimum absolute atomic E-state index is 0.207. The average molecular weight is 342 g/mol. The lowest BCUT2D eigenvalue weighted by molar-refractivity contribution is -0.143.